The second kappa shape index (κ2) is 12.0. The van der Waals surface area contributed by atoms with Crippen molar-refractivity contribution in [2.75, 3.05) is 6.54 Å². The third kappa shape index (κ3) is 5.91. The number of fused-ring (bicyclic) bond motifs is 1. The number of aromatic nitrogens is 1. The van der Waals surface area contributed by atoms with Crippen molar-refractivity contribution in [2.24, 2.45) is 0 Å². The molecule has 0 bridgehead atoms. The van der Waals surface area contributed by atoms with Gasteiger partial charge in [-0.15, -0.1) is 0 Å². The molecule has 0 saturated heterocycles. The molecule has 1 unspecified atom stereocenters. The molecule has 0 fully saturated rings. The summed E-state index contributed by atoms with van der Waals surface area (Å²) in [6, 6.07) is 25.0. The van der Waals surface area contributed by atoms with Crippen LogP contribution in [0.4, 0.5) is 0 Å². The number of carbonyl (C=O) groups is 2. The zero-order valence-corrected chi connectivity index (χ0v) is 22.9. The van der Waals surface area contributed by atoms with Gasteiger partial charge in [-0.2, -0.15) is 0 Å². The number of nitrogens with zero attached hydrogens (tertiary/aromatic N) is 2. The van der Waals surface area contributed by atoms with Crippen LogP contribution in [0.5, 0.6) is 5.75 Å². The first-order valence-electron chi connectivity index (χ1n) is 12.8. The number of pyridine rings is 1. The van der Waals surface area contributed by atoms with Gasteiger partial charge in [-0.05, 0) is 35.2 Å². The van der Waals surface area contributed by atoms with Gasteiger partial charge in [0.05, 0.1) is 10.0 Å². The fourth-order valence-electron chi connectivity index (χ4n) is 4.87. The van der Waals surface area contributed by atoms with E-state index in [2.05, 4.69) is 0 Å². The van der Waals surface area contributed by atoms with Crippen LogP contribution in [0, 0.1) is 0 Å². The van der Waals surface area contributed by atoms with Gasteiger partial charge in [-0.1, -0.05) is 89.9 Å². The molecule has 0 spiro atoms. The fourth-order valence-corrected chi connectivity index (χ4v) is 5.19. The van der Waals surface area contributed by atoms with Gasteiger partial charge < -0.3 is 19.3 Å². The summed E-state index contributed by atoms with van der Waals surface area (Å²) in [7, 11) is 0. The fraction of sp³-hybridized carbons (Fsp3) is 0.194. The van der Waals surface area contributed by atoms with E-state index in [1.54, 1.807) is 22.8 Å². The normalized spacial score (nSPS) is 13.6. The van der Waals surface area contributed by atoms with E-state index in [-0.39, 0.29) is 31.8 Å². The third-order valence-corrected chi connectivity index (χ3v) is 7.65. The lowest BCUT2D eigenvalue weighted by atomic mass is 9.94. The second-order valence-electron chi connectivity index (χ2n) is 9.59. The van der Waals surface area contributed by atoms with Gasteiger partial charge in [0, 0.05) is 31.4 Å². The quantitative estimate of drug-likeness (QED) is 0.276. The number of amides is 1. The van der Waals surface area contributed by atoms with E-state index < -0.39 is 29.0 Å². The number of aromatic hydroxyl groups is 1. The first-order valence-corrected chi connectivity index (χ1v) is 13.5. The van der Waals surface area contributed by atoms with Gasteiger partial charge in [0.25, 0.3) is 5.91 Å². The van der Waals surface area contributed by atoms with Crippen molar-refractivity contribution in [3.63, 3.8) is 0 Å². The zero-order chi connectivity index (χ0) is 28.2. The molecular weight excluding hydrogens is 551 g/mol. The maximum Gasteiger partial charge on any atom is 0.315 e. The third-order valence-electron chi connectivity index (χ3n) is 6.91. The number of halogens is 2. The molecule has 0 aliphatic carbocycles. The van der Waals surface area contributed by atoms with Crippen molar-refractivity contribution in [3.8, 4) is 5.75 Å². The SMILES string of the molecule is O=C(OCc1ccccc1)C(Cc1ccccc1)c1cc(=O)c(O)c2n1CCN(Cc1ccc(Cl)c(Cl)c1)C2=O. The van der Waals surface area contributed by atoms with Crippen LogP contribution in [-0.2, 0) is 35.6 Å². The number of ether oxygens (including phenoxy) is 1. The van der Waals surface area contributed by atoms with E-state index in [1.807, 2.05) is 60.7 Å². The van der Waals surface area contributed by atoms with Crippen molar-refractivity contribution in [3.05, 3.63) is 133 Å². The van der Waals surface area contributed by atoms with Crippen LogP contribution in [0.3, 0.4) is 0 Å². The van der Waals surface area contributed by atoms with Gasteiger partial charge in [0.1, 0.15) is 12.5 Å². The summed E-state index contributed by atoms with van der Waals surface area (Å²) >= 11 is 12.2. The predicted molar refractivity (Wildman–Crippen MR) is 153 cm³/mol. The highest BCUT2D eigenvalue weighted by molar-refractivity contribution is 6.42. The van der Waals surface area contributed by atoms with Crippen molar-refractivity contribution in [1.82, 2.24) is 9.47 Å². The Labute approximate surface area is 241 Å². The molecule has 4 aromatic rings. The van der Waals surface area contributed by atoms with Crippen molar-refractivity contribution < 1.29 is 19.4 Å². The van der Waals surface area contributed by atoms with Crippen LogP contribution in [-0.4, -0.2) is 33.0 Å². The molecule has 204 valence electrons. The van der Waals surface area contributed by atoms with Crippen LogP contribution in [0.25, 0.3) is 0 Å². The topological polar surface area (TPSA) is 88.8 Å². The summed E-state index contributed by atoms with van der Waals surface area (Å²) in [5.74, 6) is -2.58. The zero-order valence-electron chi connectivity index (χ0n) is 21.4. The highest BCUT2D eigenvalue weighted by Gasteiger charge is 2.34. The lowest BCUT2D eigenvalue weighted by Gasteiger charge is -2.33. The average Bonchev–Trinajstić information content (AvgIpc) is 2.96. The molecule has 5 rings (SSSR count). The average molecular weight is 577 g/mol. The highest BCUT2D eigenvalue weighted by atomic mass is 35.5. The van der Waals surface area contributed by atoms with E-state index in [1.165, 1.54) is 11.0 Å². The van der Waals surface area contributed by atoms with Gasteiger partial charge >= 0.3 is 5.97 Å². The minimum absolute atomic E-state index is 0.0660. The molecule has 3 aromatic carbocycles. The maximum atomic E-state index is 13.6. The number of rotatable bonds is 8. The predicted octanol–water partition coefficient (Wildman–Crippen LogP) is 5.59. The first-order chi connectivity index (χ1) is 19.3. The highest BCUT2D eigenvalue weighted by Crippen LogP contribution is 2.30. The molecule has 1 N–H and O–H groups in total. The van der Waals surface area contributed by atoms with Crippen LogP contribution >= 0.6 is 23.2 Å². The lowest BCUT2D eigenvalue weighted by Crippen LogP contribution is -2.43. The molecule has 1 aromatic heterocycles. The summed E-state index contributed by atoms with van der Waals surface area (Å²) in [6.07, 6.45) is 0.249. The number of benzene rings is 3. The van der Waals surface area contributed by atoms with Crippen LogP contribution in [0.1, 0.15) is 38.8 Å². The monoisotopic (exact) mass is 576 g/mol. The minimum Gasteiger partial charge on any atom is -0.503 e. The van der Waals surface area contributed by atoms with Crippen LogP contribution < -0.4 is 5.43 Å². The maximum absolute atomic E-state index is 13.6. The number of carbonyl (C=O) groups excluding carboxylic acids is 2. The van der Waals surface area contributed by atoms with Crippen LogP contribution in [0.15, 0.2) is 89.7 Å². The summed E-state index contributed by atoms with van der Waals surface area (Å²) in [5, 5.41) is 11.5. The molecule has 1 aliphatic heterocycles. The molecule has 1 atom stereocenters. The Morgan fingerprint density at radius 3 is 2.20 bits per heavy atom. The van der Waals surface area contributed by atoms with Gasteiger partial charge in [-0.3, -0.25) is 14.4 Å². The summed E-state index contributed by atoms with van der Waals surface area (Å²) in [5.41, 5.74) is 1.88. The van der Waals surface area contributed by atoms with Crippen molar-refractivity contribution in [2.45, 2.75) is 32.0 Å². The minimum atomic E-state index is -0.882. The second-order valence-corrected chi connectivity index (χ2v) is 10.4. The lowest BCUT2D eigenvalue weighted by molar-refractivity contribution is -0.147. The Morgan fingerprint density at radius 1 is 0.850 bits per heavy atom. The molecule has 2 heterocycles. The van der Waals surface area contributed by atoms with Gasteiger partial charge in [0.15, 0.2) is 11.4 Å². The molecule has 1 aliphatic rings. The number of hydrogen-bond acceptors (Lipinski definition) is 5. The molecule has 7 nitrogen and oxygen atoms in total. The molecule has 1 amide bonds. The van der Waals surface area contributed by atoms with Crippen LogP contribution in [0.2, 0.25) is 10.0 Å². The van der Waals surface area contributed by atoms with E-state index in [0.29, 0.717) is 22.3 Å². The molecule has 9 heteroatoms. The Balaban J connectivity index is 1.50. The number of hydrogen-bond donors (Lipinski definition) is 1. The Hall–Kier alpha value is -4.07. The molecule has 0 radical (unpaired) electrons. The first kappa shape index (κ1) is 27.5. The van der Waals surface area contributed by atoms with E-state index >= 15 is 0 Å². The van der Waals surface area contributed by atoms with Crippen molar-refractivity contribution in [1.29, 1.82) is 0 Å². The summed E-state index contributed by atoms with van der Waals surface area (Å²) in [6.45, 7) is 0.831. The number of esters is 1. The van der Waals surface area contributed by atoms with Gasteiger partial charge in [-0.25, -0.2) is 0 Å². The Bertz CT molecular complexity index is 1610. The Kier molecular flexibility index (Phi) is 8.24. The van der Waals surface area contributed by atoms with E-state index in [0.717, 1.165) is 16.7 Å². The van der Waals surface area contributed by atoms with Gasteiger partial charge in [0.2, 0.25) is 5.43 Å². The summed E-state index contributed by atoms with van der Waals surface area (Å²) < 4.78 is 7.26. The molecule has 0 saturated carbocycles. The smallest absolute Gasteiger partial charge is 0.315 e. The van der Waals surface area contributed by atoms with Crippen molar-refractivity contribution >= 4 is 35.1 Å². The van der Waals surface area contributed by atoms with E-state index in [4.69, 9.17) is 27.9 Å². The summed E-state index contributed by atoms with van der Waals surface area (Å²) in [4.78, 5) is 41.6. The molecular formula is C31H26Cl2N2O5. The standard InChI is InChI=1S/C31H26Cl2N2O5/c32-24-12-11-22(16-25(24)33)18-34-13-14-35-26(17-27(36)29(37)28(35)30(34)38)23(15-20-7-3-1-4-8-20)31(39)40-19-21-9-5-2-6-10-21/h1-12,16-17,23,37H,13-15,18-19H2. The largest absolute Gasteiger partial charge is 0.503 e. The Morgan fingerprint density at radius 2 is 1.52 bits per heavy atom. The molecule has 40 heavy (non-hydrogen) atoms. The van der Waals surface area contributed by atoms with E-state index in [9.17, 15) is 19.5 Å².